The fraction of sp³-hybridized carbons (Fsp3) is 0.385. The van der Waals surface area contributed by atoms with Gasteiger partial charge in [-0.15, -0.1) is 0 Å². The molecule has 0 aliphatic rings. The van der Waals surface area contributed by atoms with E-state index >= 15 is 0 Å². The molecular weight excluding hydrogens is 300 g/mol. The topological polar surface area (TPSA) is 52.6 Å². The van der Waals surface area contributed by atoms with Crippen LogP contribution < -0.4 is 0 Å². The third kappa shape index (κ3) is 3.84. The van der Waals surface area contributed by atoms with Gasteiger partial charge in [0, 0.05) is 4.47 Å². The molecule has 0 saturated carbocycles. The zero-order valence-electron chi connectivity index (χ0n) is 10.5. The lowest BCUT2D eigenvalue weighted by molar-refractivity contribution is -0.158. The monoisotopic (exact) mass is 314 g/mol. The van der Waals surface area contributed by atoms with Gasteiger partial charge in [-0.3, -0.25) is 9.59 Å². The summed E-state index contributed by atoms with van der Waals surface area (Å²) in [6, 6.07) is 5.74. The molecule has 1 aromatic carbocycles. The molecule has 0 atom stereocenters. The van der Waals surface area contributed by atoms with Crippen LogP contribution in [0.3, 0.4) is 0 Å². The van der Waals surface area contributed by atoms with E-state index in [9.17, 15) is 9.59 Å². The van der Waals surface area contributed by atoms with Crippen molar-refractivity contribution in [1.82, 2.24) is 0 Å². The summed E-state index contributed by atoms with van der Waals surface area (Å²) in [6.07, 6.45) is 0.264. The largest absolute Gasteiger partial charge is 0.468 e. The number of hydrogen-bond acceptors (Lipinski definition) is 4. The van der Waals surface area contributed by atoms with Crippen molar-refractivity contribution in [3.63, 3.8) is 0 Å². The molecule has 0 spiro atoms. The van der Waals surface area contributed by atoms with E-state index in [0.29, 0.717) is 0 Å². The minimum absolute atomic E-state index is 0.264. The van der Waals surface area contributed by atoms with Crippen LogP contribution in [0.5, 0.6) is 0 Å². The molecule has 0 heterocycles. The van der Waals surface area contributed by atoms with Gasteiger partial charge in [0.2, 0.25) is 0 Å². The maximum absolute atomic E-state index is 11.6. The van der Waals surface area contributed by atoms with Crippen LogP contribution in [-0.4, -0.2) is 26.2 Å². The second-order valence-corrected chi connectivity index (χ2v) is 4.86. The Bertz CT molecular complexity index is 420. The summed E-state index contributed by atoms with van der Waals surface area (Å²) in [7, 11) is 2.51. The third-order valence-corrected chi connectivity index (χ3v) is 2.97. The number of carbonyl (C=O) groups is 2. The van der Waals surface area contributed by atoms with Gasteiger partial charge in [-0.2, -0.15) is 0 Å². The summed E-state index contributed by atoms with van der Waals surface area (Å²) in [5.41, 5.74) is 1.93. The average Bonchev–Trinajstić information content (AvgIpc) is 2.33. The van der Waals surface area contributed by atoms with Gasteiger partial charge < -0.3 is 9.47 Å². The number of aryl methyl sites for hydroxylation is 1. The summed E-state index contributed by atoms with van der Waals surface area (Å²) in [5, 5.41) is 0. The van der Waals surface area contributed by atoms with Crippen molar-refractivity contribution in [3.8, 4) is 0 Å². The van der Waals surface area contributed by atoms with Gasteiger partial charge in [-0.05, 0) is 36.6 Å². The molecule has 0 saturated heterocycles. The Hall–Kier alpha value is -1.36. The van der Waals surface area contributed by atoms with Gasteiger partial charge >= 0.3 is 11.9 Å². The van der Waals surface area contributed by atoms with E-state index in [1.807, 2.05) is 25.1 Å². The first-order valence-corrected chi connectivity index (χ1v) is 6.19. The van der Waals surface area contributed by atoms with Crippen molar-refractivity contribution in [1.29, 1.82) is 0 Å². The molecule has 0 unspecified atom stereocenters. The maximum atomic E-state index is 11.6. The van der Waals surface area contributed by atoms with Crippen molar-refractivity contribution in [2.24, 2.45) is 5.92 Å². The highest BCUT2D eigenvalue weighted by Gasteiger charge is 2.28. The normalized spacial score (nSPS) is 10.3. The van der Waals surface area contributed by atoms with Crippen molar-refractivity contribution in [2.45, 2.75) is 13.3 Å². The number of halogens is 1. The molecule has 18 heavy (non-hydrogen) atoms. The maximum Gasteiger partial charge on any atom is 0.320 e. The van der Waals surface area contributed by atoms with Crippen LogP contribution in [0, 0.1) is 12.8 Å². The molecule has 0 amide bonds. The second kappa shape index (κ2) is 6.54. The first kappa shape index (κ1) is 14.7. The lowest BCUT2D eigenvalue weighted by Crippen LogP contribution is -2.28. The van der Waals surface area contributed by atoms with Gasteiger partial charge in [-0.1, -0.05) is 22.0 Å². The minimum atomic E-state index is -0.923. The summed E-state index contributed by atoms with van der Waals surface area (Å²) >= 11 is 3.38. The van der Waals surface area contributed by atoms with Gasteiger partial charge in [0.25, 0.3) is 0 Å². The van der Waals surface area contributed by atoms with Crippen LogP contribution >= 0.6 is 15.9 Å². The molecule has 0 N–H and O–H groups in total. The molecule has 0 bridgehead atoms. The highest BCUT2D eigenvalue weighted by molar-refractivity contribution is 9.10. The Kier molecular flexibility index (Phi) is 5.34. The first-order chi connectivity index (χ1) is 8.47. The van der Waals surface area contributed by atoms with E-state index in [4.69, 9.17) is 0 Å². The van der Waals surface area contributed by atoms with Crippen molar-refractivity contribution >= 4 is 27.9 Å². The molecular formula is C13H15BrO4. The second-order valence-electron chi connectivity index (χ2n) is 3.94. The van der Waals surface area contributed by atoms with E-state index in [1.165, 1.54) is 14.2 Å². The van der Waals surface area contributed by atoms with Gasteiger partial charge in [0.1, 0.15) is 0 Å². The molecule has 0 radical (unpaired) electrons. The highest BCUT2D eigenvalue weighted by Crippen LogP contribution is 2.19. The Morgan fingerprint density at radius 1 is 1.17 bits per heavy atom. The number of carbonyl (C=O) groups excluding carboxylic acids is 2. The molecule has 0 aromatic heterocycles. The van der Waals surface area contributed by atoms with Crippen LogP contribution in [0.25, 0.3) is 0 Å². The SMILES string of the molecule is COC(=O)C(Cc1cc(C)cc(Br)c1)C(=O)OC. The zero-order valence-corrected chi connectivity index (χ0v) is 12.1. The lowest BCUT2D eigenvalue weighted by Gasteiger charge is -2.13. The third-order valence-electron chi connectivity index (χ3n) is 2.51. The van der Waals surface area contributed by atoms with Gasteiger partial charge in [0.05, 0.1) is 14.2 Å². The summed E-state index contributed by atoms with van der Waals surface area (Å²) in [4.78, 5) is 23.1. The number of methoxy groups -OCH3 is 2. The number of hydrogen-bond donors (Lipinski definition) is 0. The van der Waals surface area contributed by atoms with Crippen LogP contribution in [0.2, 0.25) is 0 Å². The number of benzene rings is 1. The van der Waals surface area contributed by atoms with E-state index in [0.717, 1.165) is 15.6 Å². The van der Waals surface area contributed by atoms with E-state index in [2.05, 4.69) is 25.4 Å². The Balaban J connectivity index is 2.95. The molecule has 0 fully saturated rings. The summed E-state index contributed by atoms with van der Waals surface area (Å²) in [6.45, 7) is 1.94. The van der Waals surface area contributed by atoms with Gasteiger partial charge in [-0.25, -0.2) is 0 Å². The molecule has 5 heteroatoms. The highest BCUT2D eigenvalue weighted by atomic mass is 79.9. The minimum Gasteiger partial charge on any atom is -0.468 e. The summed E-state index contributed by atoms with van der Waals surface area (Å²) < 4.78 is 10.1. The molecule has 1 rings (SSSR count). The van der Waals surface area contributed by atoms with Gasteiger partial charge in [0.15, 0.2) is 5.92 Å². The number of esters is 2. The van der Waals surface area contributed by atoms with E-state index in [-0.39, 0.29) is 6.42 Å². The average molecular weight is 315 g/mol. The van der Waals surface area contributed by atoms with E-state index in [1.54, 1.807) is 0 Å². The first-order valence-electron chi connectivity index (χ1n) is 5.39. The fourth-order valence-electron chi connectivity index (χ4n) is 1.71. The number of rotatable bonds is 4. The predicted octanol–water partition coefficient (Wildman–Crippen LogP) is 2.26. The van der Waals surface area contributed by atoms with Crippen molar-refractivity contribution < 1.29 is 19.1 Å². The Labute approximate surface area is 114 Å². The van der Waals surface area contributed by atoms with Crippen LogP contribution in [0.4, 0.5) is 0 Å². The molecule has 98 valence electrons. The Morgan fingerprint density at radius 2 is 1.72 bits per heavy atom. The molecule has 4 nitrogen and oxygen atoms in total. The Morgan fingerprint density at radius 3 is 2.17 bits per heavy atom. The summed E-state index contributed by atoms with van der Waals surface area (Å²) in [5.74, 6) is -2.09. The van der Waals surface area contributed by atoms with Crippen molar-refractivity contribution in [3.05, 3.63) is 33.8 Å². The smallest absolute Gasteiger partial charge is 0.320 e. The predicted molar refractivity (Wildman–Crippen MR) is 70.1 cm³/mol. The van der Waals surface area contributed by atoms with E-state index < -0.39 is 17.9 Å². The zero-order chi connectivity index (χ0) is 13.7. The lowest BCUT2D eigenvalue weighted by atomic mass is 9.98. The van der Waals surface area contributed by atoms with Crippen LogP contribution in [0.15, 0.2) is 22.7 Å². The standard InChI is InChI=1S/C13H15BrO4/c1-8-4-9(6-10(14)5-8)7-11(12(15)17-2)13(16)18-3/h4-6,11H,7H2,1-3H3. The van der Waals surface area contributed by atoms with Crippen LogP contribution in [0.1, 0.15) is 11.1 Å². The number of ether oxygens (including phenoxy) is 2. The molecule has 0 aliphatic carbocycles. The quantitative estimate of drug-likeness (QED) is 0.632. The molecule has 0 aliphatic heterocycles. The molecule has 1 aromatic rings. The van der Waals surface area contributed by atoms with Crippen LogP contribution in [-0.2, 0) is 25.5 Å². The fourth-order valence-corrected chi connectivity index (χ4v) is 2.37. The van der Waals surface area contributed by atoms with Crippen molar-refractivity contribution in [2.75, 3.05) is 14.2 Å².